The van der Waals surface area contributed by atoms with Crippen LogP contribution >= 0.6 is 0 Å². The lowest BCUT2D eigenvalue weighted by atomic mass is 9.73. The molecule has 5 rings (SSSR count). The summed E-state index contributed by atoms with van der Waals surface area (Å²) >= 11 is 0. The van der Waals surface area contributed by atoms with Gasteiger partial charge in [0.1, 0.15) is 11.8 Å². The topological polar surface area (TPSA) is 96.7 Å². The number of anilines is 1. The van der Waals surface area contributed by atoms with E-state index in [4.69, 9.17) is 29.0 Å². The van der Waals surface area contributed by atoms with Gasteiger partial charge in [0.25, 0.3) is 0 Å². The van der Waals surface area contributed by atoms with Crippen LogP contribution in [0.25, 0.3) is 11.4 Å². The van der Waals surface area contributed by atoms with Gasteiger partial charge >= 0.3 is 0 Å². The van der Waals surface area contributed by atoms with Crippen LogP contribution in [0.1, 0.15) is 45.2 Å². The molecule has 1 aliphatic carbocycles. The zero-order valence-corrected chi connectivity index (χ0v) is 22.0. The number of benzene rings is 2. The molecule has 0 bridgehead atoms. The molecule has 2 aromatic carbocycles. The summed E-state index contributed by atoms with van der Waals surface area (Å²) in [4.78, 5) is 18.4. The van der Waals surface area contributed by atoms with E-state index >= 15 is 0 Å². The van der Waals surface area contributed by atoms with Gasteiger partial charge in [0.2, 0.25) is 11.7 Å². The molecule has 1 aromatic heterocycles. The summed E-state index contributed by atoms with van der Waals surface area (Å²) in [6.07, 6.45) is 1.17. The molecule has 2 heterocycles. The highest BCUT2D eigenvalue weighted by molar-refractivity contribution is 6.00. The van der Waals surface area contributed by atoms with Gasteiger partial charge in [0.05, 0.1) is 27.9 Å². The fourth-order valence-corrected chi connectivity index (χ4v) is 5.17. The van der Waals surface area contributed by atoms with Gasteiger partial charge in [-0.1, -0.05) is 13.8 Å². The smallest absolute Gasteiger partial charge is 0.226 e. The zero-order valence-electron chi connectivity index (χ0n) is 22.0. The Bertz CT molecular complexity index is 1350. The van der Waals surface area contributed by atoms with Crippen molar-refractivity contribution < 1.29 is 23.7 Å². The minimum Gasteiger partial charge on any atom is -0.494 e. The molecule has 1 atom stereocenters. The monoisotopic (exact) mass is 504 g/mol. The molecular weight excluding hydrogens is 472 g/mol. The maximum atomic E-state index is 13.6. The summed E-state index contributed by atoms with van der Waals surface area (Å²) in [5, 5.41) is 8.30. The molecule has 0 amide bonds. The summed E-state index contributed by atoms with van der Waals surface area (Å²) in [5.74, 6) is 3.50. The van der Waals surface area contributed by atoms with E-state index in [0.29, 0.717) is 47.6 Å². The quantitative estimate of drug-likeness (QED) is 0.479. The molecule has 194 valence electrons. The van der Waals surface area contributed by atoms with Gasteiger partial charge in [0, 0.05) is 23.3 Å². The second-order valence-electron chi connectivity index (χ2n) is 9.98. The van der Waals surface area contributed by atoms with Crippen molar-refractivity contribution in [3.8, 4) is 34.4 Å². The molecule has 3 aromatic rings. The summed E-state index contributed by atoms with van der Waals surface area (Å²) in [6, 6.07) is 10.9. The number of aromatic nitrogens is 3. The number of carbonyl (C=O) groups excluding carboxylic acids is 1. The Balaban J connectivity index is 1.67. The SMILES string of the molecule is CCOc1ccc(-c2nc3n(n2)C(c2cc(OC)c(OC)c(OC)c2)C2=C(CC(C)(C)CC2=O)N3)cc1. The number of nitrogens with one attached hydrogen (secondary N) is 1. The molecule has 1 N–H and O–H groups in total. The van der Waals surface area contributed by atoms with Crippen molar-refractivity contribution in [2.75, 3.05) is 33.3 Å². The van der Waals surface area contributed by atoms with Gasteiger partial charge in [-0.2, -0.15) is 4.98 Å². The second kappa shape index (κ2) is 9.46. The van der Waals surface area contributed by atoms with Gasteiger partial charge < -0.3 is 24.3 Å². The molecule has 0 radical (unpaired) electrons. The Labute approximate surface area is 216 Å². The maximum absolute atomic E-state index is 13.6. The Hall–Kier alpha value is -4.01. The van der Waals surface area contributed by atoms with E-state index in [9.17, 15) is 4.79 Å². The number of fused-ring (bicyclic) bond motifs is 1. The first kappa shape index (κ1) is 24.7. The molecule has 1 aliphatic heterocycles. The largest absolute Gasteiger partial charge is 0.494 e. The van der Waals surface area contributed by atoms with E-state index in [2.05, 4.69) is 19.2 Å². The highest BCUT2D eigenvalue weighted by atomic mass is 16.5. The van der Waals surface area contributed by atoms with Gasteiger partial charge in [-0.25, -0.2) is 4.68 Å². The van der Waals surface area contributed by atoms with Crippen molar-refractivity contribution in [1.82, 2.24) is 14.8 Å². The van der Waals surface area contributed by atoms with Crippen molar-refractivity contribution in [3.05, 3.63) is 53.2 Å². The number of ketones is 1. The van der Waals surface area contributed by atoms with Crippen LogP contribution in [0.3, 0.4) is 0 Å². The number of carbonyl (C=O) groups is 1. The lowest BCUT2D eigenvalue weighted by Crippen LogP contribution is -2.36. The van der Waals surface area contributed by atoms with E-state index in [0.717, 1.165) is 29.0 Å². The van der Waals surface area contributed by atoms with Crippen LogP contribution in [0.2, 0.25) is 0 Å². The molecule has 9 heteroatoms. The average molecular weight is 505 g/mol. The Morgan fingerprint density at radius 1 is 1.03 bits per heavy atom. The first-order valence-corrected chi connectivity index (χ1v) is 12.3. The third kappa shape index (κ3) is 4.39. The highest BCUT2D eigenvalue weighted by Gasteiger charge is 2.42. The summed E-state index contributed by atoms with van der Waals surface area (Å²) in [5.41, 5.74) is 3.03. The third-order valence-corrected chi connectivity index (χ3v) is 6.76. The molecule has 2 aliphatic rings. The van der Waals surface area contributed by atoms with Gasteiger partial charge in [-0.3, -0.25) is 4.79 Å². The Morgan fingerprint density at radius 3 is 2.30 bits per heavy atom. The maximum Gasteiger partial charge on any atom is 0.226 e. The van der Waals surface area contributed by atoms with Crippen LogP contribution in [0.4, 0.5) is 5.95 Å². The molecule has 0 saturated carbocycles. The fraction of sp³-hybridized carbons (Fsp3) is 0.393. The molecular formula is C28H32N4O5. The van der Waals surface area contributed by atoms with Gasteiger partial charge in [-0.15, -0.1) is 5.10 Å². The number of methoxy groups -OCH3 is 3. The number of nitrogens with zero attached hydrogens (tertiary/aromatic N) is 3. The van der Waals surface area contributed by atoms with Crippen molar-refractivity contribution in [3.63, 3.8) is 0 Å². The molecule has 1 unspecified atom stereocenters. The first-order valence-electron chi connectivity index (χ1n) is 12.3. The summed E-state index contributed by atoms with van der Waals surface area (Å²) in [7, 11) is 4.72. The first-order chi connectivity index (χ1) is 17.8. The molecule has 0 fully saturated rings. The van der Waals surface area contributed by atoms with E-state index in [-0.39, 0.29) is 11.2 Å². The van der Waals surface area contributed by atoms with Crippen LogP contribution in [-0.2, 0) is 4.79 Å². The van der Waals surface area contributed by atoms with Crippen LogP contribution in [-0.4, -0.2) is 48.5 Å². The predicted octanol–water partition coefficient (Wildman–Crippen LogP) is 5.03. The minimum absolute atomic E-state index is 0.0845. The number of hydrogen-bond donors (Lipinski definition) is 1. The summed E-state index contributed by atoms with van der Waals surface area (Å²) < 4.78 is 24.1. The molecule has 0 spiro atoms. The normalized spacial score (nSPS) is 18.0. The number of Topliss-reactive ketones (excluding diaryl/α,β-unsaturated/α-hetero) is 1. The number of ether oxygens (including phenoxy) is 4. The van der Waals surface area contributed by atoms with E-state index in [1.807, 2.05) is 43.3 Å². The highest BCUT2D eigenvalue weighted by Crippen LogP contribution is 2.48. The van der Waals surface area contributed by atoms with Crippen LogP contribution < -0.4 is 24.3 Å². The zero-order chi connectivity index (χ0) is 26.3. The average Bonchev–Trinajstić information content (AvgIpc) is 3.30. The third-order valence-electron chi connectivity index (χ3n) is 6.76. The molecule has 9 nitrogen and oxygen atoms in total. The van der Waals surface area contributed by atoms with Crippen molar-refractivity contribution in [1.29, 1.82) is 0 Å². The Morgan fingerprint density at radius 2 is 1.70 bits per heavy atom. The lowest BCUT2D eigenvalue weighted by Gasteiger charge is -2.38. The number of rotatable bonds is 7. The lowest BCUT2D eigenvalue weighted by molar-refractivity contribution is -0.118. The predicted molar refractivity (Wildman–Crippen MR) is 140 cm³/mol. The van der Waals surface area contributed by atoms with Crippen molar-refractivity contribution in [2.45, 2.75) is 39.7 Å². The van der Waals surface area contributed by atoms with Gasteiger partial charge in [-0.05, 0) is 60.7 Å². The number of hydrogen-bond acceptors (Lipinski definition) is 8. The van der Waals surface area contributed by atoms with E-state index in [1.54, 1.807) is 26.0 Å². The Kier molecular flexibility index (Phi) is 6.31. The van der Waals surface area contributed by atoms with Gasteiger partial charge in [0.15, 0.2) is 23.1 Å². The standard InChI is InChI=1S/C28H32N4O5/c1-7-37-18-10-8-16(9-11-18)26-30-27-29-19-14-28(2,3)15-20(33)23(19)24(32(27)31-26)17-12-21(34-4)25(36-6)22(13-17)35-5/h8-13,24H,7,14-15H2,1-6H3,(H,29,30,31). The van der Waals surface area contributed by atoms with E-state index in [1.165, 1.54) is 0 Å². The second-order valence-corrected chi connectivity index (χ2v) is 9.98. The fourth-order valence-electron chi connectivity index (χ4n) is 5.17. The minimum atomic E-state index is -0.507. The van der Waals surface area contributed by atoms with Crippen molar-refractivity contribution in [2.24, 2.45) is 5.41 Å². The van der Waals surface area contributed by atoms with Crippen LogP contribution in [0, 0.1) is 5.41 Å². The number of allylic oxidation sites excluding steroid dienone is 2. The van der Waals surface area contributed by atoms with Crippen LogP contribution in [0.5, 0.6) is 23.0 Å². The van der Waals surface area contributed by atoms with Crippen LogP contribution in [0.15, 0.2) is 47.7 Å². The molecule has 37 heavy (non-hydrogen) atoms. The summed E-state index contributed by atoms with van der Waals surface area (Å²) in [6.45, 7) is 6.76. The van der Waals surface area contributed by atoms with Crippen molar-refractivity contribution >= 4 is 11.7 Å². The van der Waals surface area contributed by atoms with E-state index < -0.39 is 6.04 Å². The molecule has 0 saturated heterocycles.